The number of hydrogen-bond donors (Lipinski definition) is 2. The fourth-order valence-corrected chi connectivity index (χ4v) is 3.03. The van der Waals surface area contributed by atoms with Gasteiger partial charge >= 0.3 is 0 Å². The number of benzene rings is 1. The maximum absolute atomic E-state index is 12.3. The summed E-state index contributed by atoms with van der Waals surface area (Å²) in [7, 11) is 1.46. The van der Waals surface area contributed by atoms with Gasteiger partial charge in [-0.1, -0.05) is 6.08 Å². The predicted molar refractivity (Wildman–Crippen MR) is 94.5 cm³/mol. The second kappa shape index (κ2) is 7.43. The van der Waals surface area contributed by atoms with E-state index in [1.54, 1.807) is 38.1 Å². The van der Waals surface area contributed by atoms with Crippen LogP contribution in [0.1, 0.15) is 35.0 Å². The largest absolute Gasteiger partial charge is 0.595 e. The third-order valence-corrected chi connectivity index (χ3v) is 4.48. The quantitative estimate of drug-likeness (QED) is 0.813. The highest BCUT2D eigenvalue weighted by atomic mass is 16.8. The molecule has 0 bridgehead atoms. The van der Waals surface area contributed by atoms with E-state index in [9.17, 15) is 10.0 Å². The topological polar surface area (TPSA) is 96.4 Å². The summed E-state index contributed by atoms with van der Waals surface area (Å²) in [4.78, 5) is 12.3. The third kappa shape index (κ3) is 3.56. The number of quaternary nitrogens is 1. The van der Waals surface area contributed by atoms with Crippen LogP contribution in [0.25, 0.3) is 6.08 Å². The molecule has 1 aliphatic heterocycles. The summed E-state index contributed by atoms with van der Waals surface area (Å²) in [5.74, 6) is 0.697. The molecule has 0 spiro atoms. The first kappa shape index (κ1) is 18.3. The van der Waals surface area contributed by atoms with Crippen molar-refractivity contribution in [2.45, 2.75) is 26.4 Å². The molecular formula is C19H21NO6. The van der Waals surface area contributed by atoms with Crippen molar-refractivity contribution in [2.75, 3.05) is 13.7 Å². The Labute approximate surface area is 150 Å². The summed E-state index contributed by atoms with van der Waals surface area (Å²) in [6, 6.07) is 6.64. The van der Waals surface area contributed by atoms with Crippen LogP contribution in [0.5, 0.6) is 5.95 Å². The van der Waals surface area contributed by atoms with Gasteiger partial charge < -0.3 is 19.1 Å². The monoisotopic (exact) mass is 359 g/mol. The number of hydrogen-bond acceptors (Lipinski definition) is 6. The van der Waals surface area contributed by atoms with E-state index in [4.69, 9.17) is 19.1 Å². The lowest BCUT2D eigenvalue weighted by molar-refractivity contribution is -0.991. The lowest BCUT2D eigenvalue weighted by Gasteiger charge is -2.13. The molecular weight excluding hydrogens is 338 g/mol. The highest BCUT2D eigenvalue weighted by molar-refractivity contribution is 5.55. The molecule has 2 heterocycles. The molecule has 7 nitrogen and oxygen atoms in total. The SMILES string of the molecule is COc1oc([C@H]2CC(=Cc3ccc([NH+]([O-])O)cc3)CO2)c(C)c(=O)c1C. The Morgan fingerprint density at radius 1 is 1.27 bits per heavy atom. The van der Waals surface area contributed by atoms with Gasteiger partial charge in [-0.15, -0.1) is 0 Å². The van der Waals surface area contributed by atoms with Crippen LogP contribution < -0.4 is 15.4 Å². The summed E-state index contributed by atoms with van der Waals surface area (Å²) in [6.45, 7) is 3.82. The van der Waals surface area contributed by atoms with E-state index in [0.717, 1.165) is 11.1 Å². The van der Waals surface area contributed by atoms with E-state index >= 15 is 0 Å². The lowest BCUT2D eigenvalue weighted by atomic mass is 10.0. The van der Waals surface area contributed by atoms with Gasteiger partial charge in [0.2, 0.25) is 0 Å². The van der Waals surface area contributed by atoms with Crippen molar-refractivity contribution in [3.63, 3.8) is 0 Å². The number of methoxy groups -OCH3 is 1. The molecule has 7 heteroatoms. The standard InChI is InChI=1S/C19H21NO6/c1-11-17(21)12(2)19(24-3)26-18(11)16-9-14(10-25-16)8-13-4-6-15(7-5-13)20(22)23/h4-8,16,20,22H,9-10H2,1-3H3/t16-/m1/s1. The van der Waals surface area contributed by atoms with Crippen molar-refractivity contribution in [3.05, 3.63) is 67.7 Å². The molecule has 0 saturated carbocycles. The lowest BCUT2D eigenvalue weighted by Crippen LogP contribution is -2.99. The van der Waals surface area contributed by atoms with E-state index in [-0.39, 0.29) is 23.2 Å². The van der Waals surface area contributed by atoms with Crippen molar-refractivity contribution in [1.29, 1.82) is 0 Å². The molecule has 0 radical (unpaired) electrons. The minimum atomic E-state index is -0.952. The second-order valence-corrected chi connectivity index (χ2v) is 6.27. The summed E-state index contributed by atoms with van der Waals surface area (Å²) in [5.41, 5.74) is 3.06. The maximum atomic E-state index is 12.3. The van der Waals surface area contributed by atoms with Crippen molar-refractivity contribution >= 4 is 11.8 Å². The zero-order chi connectivity index (χ0) is 18.8. The van der Waals surface area contributed by atoms with Crippen molar-refractivity contribution in [2.24, 2.45) is 0 Å². The average Bonchev–Trinajstić information content (AvgIpc) is 3.08. The molecule has 1 fully saturated rings. The Kier molecular flexibility index (Phi) is 5.24. The van der Waals surface area contributed by atoms with Gasteiger partial charge in [0.15, 0.2) is 11.1 Å². The molecule has 0 aliphatic carbocycles. The van der Waals surface area contributed by atoms with Gasteiger partial charge in [0, 0.05) is 24.1 Å². The zero-order valence-electron chi connectivity index (χ0n) is 14.9. The summed E-state index contributed by atoms with van der Waals surface area (Å²) in [5, 5.41) is 18.9. The molecule has 1 saturated heterocycles. The molecule has 2 aromatic rings. The smallest absolute Gasteiger partial charge is 0.291 e. The van der Waals surface area contributed by atoms with Crippen LogP contribution >= 0.6 is 0 Å². The van der Waals surface area contributed by atoms with E-state index in [1.807, 2.05) is 6.08 Å². The van der Waals surface area contributed by atoms with Crippen LogP contribution in [0.2, 0.25) is 0 Å². The number of nitrogens with one attached hydrogen (secondary N) is 1. The fourth-order valence-electron chi connectivity index (χ4n) is 3.03. The Morgan fingerprint density at radius 3 is 2.58 bits per heavy atom. The molecule has 2 N–H and O–H groups in total. The zero-order valence-corrected chi connectivity index (χ0v) is 14.9. The van der Waals surface area contributed by atoms with E-state index in [1.165, 1.54) is 7.11 Å². The fraction of sp³-hybridized carbons (Fsp3) is 0.316. The van der Waals surface area contributed by atoms with Crippen LogP contribution in [-0.4, -0.2) is 18.9 Å². The Bertz CT molecular complexity index is 882. The van der Waals surface area contributed by atoms with Crippen LogP contribution in [0.4, 0.5) is 5.69 Å². The highest BCUT2D eigenvalue weighted by Crippen LogP contribution is 2.35. The van der Waals surface area contributed by atoms with Gasteiger partial charge in [-0.05, 0) is 37.1 Å². The molecule has 3 rings (SSSR count). The first-order chi connectivity index (χ1) is 12.4. The normalized spacial score (nSPS) is 19.7. The van der Waals surface area contributed by atoms with E-state index < -0.39 is 5.23 Å². The Hall–Kier alpha value is -2.45. The molecule has 26 heavy (non-hydrogen) atoms. The minimum Gasteiger partial charge on any atom is -0.595 e. The molecule has 2 atom stereocenters. The van der Waals surface area contributed by atoms with E-state index in [2.05, 4.69) is 0 Å². The first-order valence-corrected chi connectivity index (χ1v) is 8.23. The third-order valence-electron chi connectivity index (χ3n) is 4.48. The van der Waals surface area contributed by atoms with Crippen molar-refractivity contribution in [3.8, 4) is 5.95 Å². The van der Waals surface area contributed by atoms with Crippen LogP contribution in [0, 0.1) is 19.1 Å². The minimum absolute atomic E-state index is 0.103. The second-order valence-electron chi connectivity index (χ2n) is 6.27. The average molecular weight is 359 g/mol. The van der Waals surface area contributed by atoms with Gasteiger partial charge in [0.1, 0.15) is 11.9 Å². The van der Waals surface area contributed by atoms with Gasteiger partial charge in [0.05, 0.1) is 19.3 Å². The summed E-state index contributed by atoms with van der Waals surface area (Å²) in [6.07, 6.45) is 2.21. The first-order valence-electron chi connectivity index (χ1n) is 8.23. The Morgan fingerprint density at radius 2 is 1.96 bits per heavy atom. The van der Waals surface area contributed by atoms with Gasteiger partial charge in [0.25, 0.3) is 5.95 Å². The van der Waals surface area contributed by atoms with Gasteiger partial charge in [-0.3, -0.25) is 4.79 Å². The summed E-state index contributed by atoms with van der Waals surface area (Å²) >= 11 is 0. The molecule has 1 aliphatic rings. The number of rotatable bonds is 4. The highest BCUT2D eigenvalue weighted by Gasteiger charge is 2.28. The maximum Gasteiger partial charge on any atom is 0.291 e. The number of ether oxygens (including phenoxy) is 2. The summed E-state index contributed by atoms with van der Waals surface area (Å²) < 4.78 is 16.7. The van der Waals surface area contributed by atoms with Gasteiger partial charge in [-0.25, -0.2) is 5.21 Å². The van der Waals surface area contributed by atoms with Gasteiger partial charge in [-0.2, -0.15) is 5.23 Å². The molecule has 138 valence electrons. The predicted octanol–water partition coefficient (Wildman–Crippen LogP) is 2.21. The molecule has 1 aromatic carbocycles. The van der Waals surface area contributed by atoms with Crippen molar-refractivity contribution in [1.82, 2.24) is 0 Å². The van der Waals surface area contributed by atoms with Crippen LogP contribution in [0.3, 0.4) is 0 Å². The van der Waals surface area contributed by atoms with E-state index in [0.29, 0.717) is 29.9 Å². The van der Waals surface area contributed by atoms with Crippen LogP contribution in [0.15, 0.2) is 39.1 Å². The van der Waals surface area contributed by atoms with Crippen LogP contribution in [-0.2, 0) is 4.74 Å². The Balaban J connectivity index is 1.82. The van der Waals surface area contributed by atoms with Crippen molar-refractivity contribution < 1.29 is 24.3 Å². The molecule has 1 aromatic heterocycles. The molecule has 0 amide bonds. The molecule has 1 unspecified atom stereocenters.